The van der Waals surface area contributed by atoms with Gasteiger partial charge in [0.1, 0.15) is 0 Å². The molecule has 0 spiro atoms. The van der Waals surface area contributed by atoms with E-state index < -0.39 is 0 Å². The van der Waals surface area contributed by atoms with Crippen molar-refractivity contribution in [3.8, 4) is 11.5 Å². The van der Waals surface area contributed by atoms with Gasteiger partial charge in [0.25, 0.3) is 0 Å². The Morgan fingerprint density at radius 3 is 2.48 bits per heavy atom. The Hall–Kier alpha value is -2.69. The van der Waals surface area contributed by atoms with Crippen molar-refractivity contribution >= 4 is 11.6 Å². The Morgan fingerprint density at radius 2 is 1.81 bits per heavy atom. The highest BCUT2D eigenvalue weighted by Gasteiger charge is 2.08. The van der Waals surface area contributed by atoms with E-state index in [2.05, 4.69) is 10.3 Å². The minimum atomic E-state index is 0.353. The molecule has 5 heteroatoms. The first-order valence-electron chi connectivity index (χ1n) is 6.56. The fourth-order valence-electron chi connectivity index (χ4n) is 1.96. The standard InChI is InChI=1S/C16H19N3O2/c1-20-14-10-6-7-12(15(14)21-2)11-18-16(17)19-13-8-4-3-5-9-13/h3-10H,11H2,1-2H3,(H3,17,18,19). The Kier molecular flexibility index (Phi) is 5.04. The summed E-state index contributed by atoms with van der Waals surface area (Å²) in [5, 5.41) is 3.03. The number of hydrogen-bond donors (Lipinski definition) is 2. The summed E-state index contributed by atoms with van der Waals surface area (Å²) < 4.78 is 10.6. The van der Waals surface area contributed by atoms with Crippen molar-refractivity contribution in [2.75, 3.05) is 19.5 Å². The van der Waals surface area contributed by atoms with Crippen LogP contribution < -0.4 is 20.5 Å². The van der Waals surface area contributed by atoms with Crippen molar-refractivity contribution in [3.05, 3.63) is 54.1 Å². The highest BCUT2D eigenvalue weighted by molar-refractivity contribution is 5.92. The molecule has 0 radical (unpaired) electrons. The molecule has 5 nitrogen and oxygen atoms in total. The van der Waals surface area contributed by atoms with Crippen LogP contribution in [-0.2, 0) is 6.54 Å². The van der Waals surface area contributed by atoms with E-state index in [4.69, 9.17) is 15.2 Å². The van der Waals surface area contributed by atoms with Gasteiger partial charge in [-0.15, -0.1) is 0 Å². The lowest BCUT2D eigenvalue weighted by molar-refractivity contribution is 0.352. The summed E-state index contributed by atoms with van der Waals surface area (Å²) in [5.41, 5.74) is 7.69. The van der Waals surface area contributed by atoms with Crippen molar-refractivity contribution in [3.63, 3.8) is 0 Å². The number of hydrogen-bond acceptors (Lipinski definition) is 3. The largest absolute Gasteiger partial charge is 0.493 e. The van der Waals surface area contributed by atoms with E-state index in [0.717, 1.165) is 11.3 Å². The summed E-state index contributed by atoms with van der Waals surface area (Å²) in [4.78, 5) is 4.32. The lowest BCUT2D eigenvalue weighted by atomic mass is 10.2. The van der Waals surface area contributed by atoms with Gasteiger partial charge in [-0.25, -0.2) is 4.99 Å². The number of guanidine groups is 1. The van der Waals surface area contributed by atoms with E-state index in [0.29, 0.717) is 24.0 Å². The second-order valence-electron chi connectivity index (χ2n) is 4.35. The SMILES string of the molecule is COc1cccc(CN=C(N)Nc2ccccc2)c1OC. The first kappa shape index (κ1) is 14.7. The van der Waals surface area contributed by atoms with Crippen molar-refractivity contribution < 1.29 is 9.47 Å². The van der Waals surface area contributed by atoms with Gasteiger partial charge in [0.05, 0.1) is 20.8 Å². The van der Waals surface area contributed by atoms with E-state index in [-0.39, 0.29) is 0 Å². The van der Waals surface area contributed by atoms with Gasteiger partial charge >= 0.3 is 0 Å². The van der Waals surface area contributed by atoms with Gasteiger partial charge in [-0.05, 0) is 18.2 Å². The third kappa shape index (κ3) is 3.89. The summed E-state index contributed by atoms with van der Waals surface area (Å²) in [7, 11) is 3.22. The first-order chi connectivity index (χ1) is 10.2. The average Bonchev–Trinajstić information content (AvgIpc) is 2.53. The highest BCUT2D eigenvalue weighted by atomic mass is 16.5. The van der Waals surface area contributed by atoms with Crippen LogP contribution in [-0.4, -0.2) is 20.2 Å². The zero-order chi connectivity index (χ0) is 15.1. The molecule has 0 aromatic heterocycles. The number of benzene rings is 2. The van der Waals surface area contributed by atoms with Gasteiger partial charge in [-0.2, -0.15) is 0 Å². The average molecular weight is 285 g/mol. The van der Waals surface area contributed by atoms with Crippen LogP contribution >= 0.6 is 0 Å². The number of ether oxygens (including phenoxy) is 2. The maximum absolute atomic E-state index is 5.88. The molecule has 3 N–H and O–H groups in total. The fraction of sp³-hybridized carbons (Fsp3) is 0.188. The van der Waals surface area contributed by atoms with E-state index in [1.807, 2.05) is 48.5 Å². The van der Waals surface area contributed by atoms with Crippen molar-refractivity contribution in [2.24, 2.45) is 10.7 Å². The molecule has 0 aliphatic carbocycles. The molecule has 0 saturated carbocycles. The second-order valence-corrected chi connectivity index (χ2v) is 4.35. The van der Waals surface area contributed by atoms with Crippen LogP contribution in [0, 0.1) is 0 Å². The van der Waals surface area contributed by atoms with Crippen molar-refractivity contribution in [2.45, 2.75) is 6.54 Å². The minimum absolute atomic E-state index is 0.353. The molecule has 0 aliphatic rings. The van der Waals surface area contributed by atoms with Crippen LogP contribution in [0.1, 0.15) is 5.56 Å². The summed E-state index contributed by atoms with van der Waals surface area (Å²) in [5.74, 6) is 1.71. The molecule has 21 heavy (non-hydrogen) atoms. The topological polar surface area (TPSA) is 68.9 Å². The molecule has 0 unspecified atom stereocenters. The lowest BCUT2D eigenvalue weighted by Gasteiger charge is -2.11. The number of aliphatic imine (C=N–C) groups is 1. The third-order valence-corrected chi connectivity index (χ3v) is 2.95. The summed E-state index contributed by atoms with van der Waals surface area (Å²) >= 11 is 0. The number of methoxy groups -OCH3 is 2. The number of para-hydroxylation sites is 2. The van der Waals surface area contributed by atoms with Crippen LogP contribution in [0.3, 0.4) is 0 Å². The van der Waals surface area contributed by atoms with Crippen LogP contribution in [0.5, 0.6) is 11.5 Å². The number of rotatable bonds is 5. The Balaban J connectivity index is 2.10. The number of nitrogens with zero attached hydrogens (tertiary/aromatic N) is 1. The monoisotopic (exact) mass is 285 g/mol. The smallest absolute Gasteiger partial charge is 0.193 e. The molecule has 0 heterocycles. The highest BCUT2D eigenvalue weighted by Crippen LogP contribution is 2.30. The van der Waals surface area contributed by atoms with E-state index in [1.165, 1.54) is 0 Å². The summed E-state index contributed by atoms with van der Waals surface area (Å²) in [6.07, 6.45) is 0. The Morgan fingerprint density at radius 1 is 1.05 bits per heavy atom. The van der Waals surface area contributed by atoms with Gasteiger partial charge in [0, 0.05) is 11.3 Å². The number of nitrogens with two attached hydrogens (primary N) is 1. The van der Waals surface area contributed by atoms with Crippen molar-refractivity contribution in [1.82, 2.24) is 0 Å². The normalized spacial score (nSPS) is 11.0. The molecule has 0 bridgehead atoms. The fourth-order valence-corrected chi connectivity index (χ4v) is 1.96. The molecule has 0 aliphatic heterocycles. The van der Waals surface area contributed by atoms with Gasteiger partial charge in [0.15, 0.2) is 17.5 Å². The van der Waals surface area contributed by atoms with E-state index in [1.54, 1.807) is 14.2 Å². The Bertz CT molecular complexity index is 612. The first-order valence-corrected chi connectivity index (χ1v) is 6.56. The van der Waals surface area contributed by atoms with Crippen molar-refractivity contribution in [1.29, 1.82) is 0 Å². The molecule has 0 amide bonds. The summed E-state index contributed by atoms with van der Waals surface area (Å²) in [6, 6.07) is 15.3. The molecular weight excluding hydrogens is 266 g/mol. The molecule has 2 rings (SSSR count). The van der Waals surface area contributed by atoms with Crippen LogP contribution in [0.25, 0.3) is 0 Å². The zero-order valence-electron chi connectivity index (χ0n) is 12.2. The Labute approximate surface area is 124 Å². The molecule has 0 fully saturated rings. The quantitative estimate of drug-likeness (QED) is 0.654. The van der Waals surface area contributed by atoms with Crippen LogP contribution in [0.4, 0.5) is 5.69 Å². The number of nitrogens with one attached hydrogen (secondary N) is 1. The van der Waals surface area contributed by atoms with E-state index >= 15 is 0 Å². The van der Waals surface area contributed by atoms with Crippen LogP contribution in [0.2, 0.25) is 0 Å². The van der Waals surface area contributed by atoms with Gasteiger partial charge in [-0.3, -0.25) is 0 Å². The zero-order valence-corrected chi connectivity index (χ0v) is 12.2. The van der Waals surface area contributed by atoms with Gasteiger partial charge in [0.2, 0.25) is 0 Å². The lowest BCUT2D eigenvalue weighted by Crippen LogP contribution is -2.22. The molecule has 110 valence electrons. The molecular formula is C16H19N3O2. The summed E-state index contributed by atoms with van der Waals surface area (Å²) in [6.45, 7) is 0.409. The van der Waals surface area contributed by atoms with Gasteiger partial charge in [-0.1, -0.05) is 30.3 Å². The molecule has 2 aromatic rings. The predicted octanol–water partition coefficient (Wildman–Crippen LogP) is 2.63. The molecule has 0 saturated heterocycles. The van der Waals surface area contributed by atoms with E-state index in [9.17, 15) is 0 Å². The molecule has 0 atom stereocenters. The maximum Gasteiger partial charge on any atom is 0.193 e. The third-order valence-electron chi connectivity index (χ3n) is 2.95. The maximum atomic E-state index is 5.88. The number of anilines is 1. The minimum Gasteiger partial charge on any atom is -0.493 e. The van der Waals surface area contributed by atoms with Crippen LogP contribution in [0.15, 0.2) is 53.5 Å². The van der Waals surface area contributed by atoms with Gasteiger partial charge < -0.3 is 20.5 Å². The molecule has 2 aromatic carbocycles. The second kappa shape index (κ2) is 7.19. The predicted molar refractivity (Wildman–Crippen MR) is 84.9 cm³/mol.